The van der Waals surface area contributed by atoms with Crippen LogP contribution in [-0.4, -0.2) is 51.4 Å². The molecule has 7 heteroatoms. The first-order valence-electron chi connectivity index (χ1n) is 10.1. The van der Waals surface area contributed by atoms with Gasteiger partial charge in [0.05, 0.1) is 6.61 Å². The van der Waals surface area contributed by atoms with Gasteiger partial charge in [0.2, 0.25) is 0 Å². The molecule has 0 amide bonds. The minimum atomic E-state index is -1.41. The van der Waals surface area contributed by atoms with Crippen LogP contribution in [0.1, 0.15) is 27.7 Å². The predicted octanol–water partition coefficient (Wildman–Crippen LogP) is 2.97. The molecule has 5 atom stereocenters. The highest BCUT2D eigenvalue weighted by Gasteiger charge is 2.43. The van der Waals surface area contributed by atoms with Crippen molar-refractivity contribution in [3.63, 3.8) is 0 Å². The Balaban J connectivity index is 1.57. The van der Waals surface area contributed by atoms with E-state index in [4.69, 9.17) is 4.74 Å². The number of ether oxygens (including phenoxy) is 1. The normalized spacial score (nSPS) is 26.2. The lowest BCUT2D eigenvalue weighted by atomic mass is 9.89. The molecule has 2 unspecified atom stereocenters. The molecule has 0 radical (unpaired) electrons. The van der Waals surface area contributed by atoms with Gasteiger partial charge >= 0.3 is 0 Å². The average Bonchev–Trinajstić information content (AvgIpc) is 3.23. The predicted molar refractivity (Wildman–Crippen MR) is 116 cm³/mol. The summed E-state index contributed by atoms with van der Waals surface area (Å²) in [7, 11) is 0. The van der Waals surface area contributed by atoms with E-state index in [1.165, 1.54) is 12.1 Å². The van der Waals surface area contributed by atoms with Crippen LogP contribution in [0.3, 0.4) is 0 Å². The summed E-state index contributed by atoms with van der Waals surface area (Å²) in [5, 5.41) is 40.0. The van der Waals surface area contributed by atoms with E-state index in [0.717, 1.165) is 26.4 Å². The standard InChI is InChI=1S/C24H25FO5S/c1-13-2-3-15(24-23(29)22(28)21(27)19(12-26)30-24)10-16(13)11-18-8-9-20(31-18)14-4-6-17(25)7-5-14/h2-10,19,21-24,26-29H,11-12H2,1H3/t19?,21-,22?,23-,24+/m1/s1. The Bertz CT molecular complexity index is 1030. The number of aliphatic hydroxyl groups is 4. The fraction of sp³-hybridized carbons (Fsp3) is 0.333. The van der Waals surface area contributed by atoms with Gasteiger partial charge in [-0.25, -0.2) is 4.39 Å². The molecule has 3 aromatic rings. The van der Waals surface area contributed by atoms with Gasteiger partial charge in [-0.3, -0.25) is 0 Å². The van der Waals surface area contributed by atoms with Gasteiger partial charge in [0.25, 0.3) is 0 Å². The number of aryl methyl sites for hydroxylation is 1. The molecule has 4 N–H and O–H groups in total. The number of hydrogen-bond acceptors (Lipinski definition) is 6. The first-order chi connectivity index (χ1) is 14.9. The highest BCUT2D eigenvalue weighted by Crippen LogP contribution is 2.35. The zero-order valence-corrected chi connectivity index (χ0v) is 17.8. The lowest BCUT2D eigenvalue weighted by molar-refractivity contribution is -0.231. The molecule has 2 heterocycles. The summed E-state index contributed by atoms with van der Waals surface area (Å²) >= 11 is 1.63. The van der Waals surface area contributed by atoms with E-state index < -0.39 is 37.1 Å². The van der Waals surface area contributed by atoms with E-state index in [0.29, 0.717) is 12.0 Å². The third-order valence-electron chi connectivity index (χ3n) is 5.75. The largest absolute Gasteiger partial charge is 0.394 e. The lowest BCUT2D eigenvalue weighted by Gasteiger charge is -2.40. The Labute approximate surface area is 184 Å². The third-order valence-corrected chi connectivity index (χ3v) is 6.88. The van der Waals surface area contributed by atoms with Crippen LogP contribution < -0.4 is 0 Å². The Morgan fingerprint density at radius 2 is 1.68 bits per heavy atom. The Kier molecular flexibility index (Phi) is 6.52. The summed E-state index contributed by atoms with van der Waals surface area (Å²) in [6.45, 7) is 1.54. The molecule has 1 aliphatic rings. The van der Waals surface area contributed by atoms with Crippen molar-refractivity contribution in [2.24, 2.45) is 0 Å². The summed E-state index contributed by atoms with van der Waals surface area (Å²) in [6, 6.07) is 16.2. The highest BCUT2D eigenvalue weighted by atomic mass is 32.1. The van der Waals surface area contributed by atoms with Crippen LogP contribution in [0.15, 0.2) is 54.6 Å². The van der Waals surface area contributed by atoms with E-state index in [2.05, 4.69) is 0 Å². The van der Waals surface area contributed by atoms with Gasteiger partial charge in [0, 0.05) is 16.2 Å². The molecule has 1 aliphatic heterocycles. The second kappa shape index (κ2) is 9.16. The quantitative estimate of drug-likeness (QED) is 0.486. The van der Waals surface area contributed by atoms with Gasteiger partial charge in [-0.05, 0) is 53.4 Å². The lowest BCUT2D eigenvalue weighted by Crippen LogP contribution is -2.55. The van der Waals surface area contributed by atoms with Crippen LogP contribution in [0.4, 0.5) is 4.39 Å². The topological polar surface area (TPSA) is 90.2 Å². The van der Waals surface area contributed by atoms with E-state index in [1.54, 1.807) is 23.5 Å². The van der Waals surface area contributed by atoms with E-state index in [9.17, 15) is 24.8 Å². The maximum atomic E-state index is 13.2. The van der Waals surface area contributed by atoms with Crippen LogP contribution in [-0.2, 0) is 11.2 Å². The molecule has 4 rings (SSSR count). The monoisotopic (exact) mass is 444 g/mol. The van der Waals surface area contributed by atoms with Crippen molar-refractivity contribution in [1.29, 1.82) is 0 Å². The molecule has 0 aliphatic carbocycles. The summed E-state index contributed by atoms with van der Waals surface area (Å²) in [5.74, 6) is -0.263. The van der Waals surface area contributed by atoms with Crippen molar-refractivity contribution in [3.8, 4) is 10.4 Å². The molecular weight excluding hydrogens is 419 g/mol. The van der Waals surface area contributed by atoms with Gasteiger partial charge in [-0.2, -0.15) is 0 Å². The van der Waals surface area contributed by atoms with E-state index in [-0.39, 0.29) is 5.82 Å². The zero-order valence-electron chi connectivity index (χ0n) is 17.0. The Morgan fingerprint density at radius 3 is 2.39 bits per heavy atom. The molecule has 0 spiro atoms. The zero-order chi connectivity index (χ0) is 22.1. The number of aliphatic hydroxyl groups excluding tert-OH is 4. The molecule has 0 bridgehead atoms. The van der Waals surface area contributed by atoms with Gasteiger partial charge in [0.1, 0.15) is 36.3 Å². The minimum absolute atomic E-state index is 0.263. The van der Waals surface area contributed by atoms with Crippen LogP contribution >= 0.6 is 11.3 Å². The molecule has 1 fully saturated rings. The first kappa shape index (κ1) is 22.1. The van der Waals surface area contributed by atoms with Crippen molar-refractivity contribution in [2.45, 2.75) is 43.9 Å². The molecular formula is C24H25FO5S. The van der Waals surface area contributed by atoms with Crippen molar-refractivity contribution < 1.29 is 29.6 Å². The second-order valence-electron chi connectivity index (χ2n) is 7.89. The summed E-state index contributed by atoms with van der Waals surface area (Å²) in [4.78, 5) is 2.19. The summed E-state index contributed by atoms with van der Waals surface area (Å²) in [5.41, 5.74) is 3.75. The van der Waals surface area contributed by atoms with Gasteiger partial charge < -0.3 is 25.2 Å². The smallest absolute Gasteiger partial charge is 0.123 e. The number of benzene rings is 2. The molecule has 2 aromatic carbocycles. The molecule has 164 valence electrons. The third kappa shape index (κ3) is 4.57. The fourth-order valence-electron chi connectivity index (χ4n) is 3.87. The summed E-state index contributed by atoms with van der Waals surface area (Å²) in [6.07, 6.45) is -5.21. The van der Waals surface area contributed by atoms with E-state index >= 15 is 0 Å². The van der Waals surface area contributed by atoms with Crippen LogP contribution in [0.5, 0.6) is 0 Å². The maximum Gasteiger partial charge on any atom is 0.123 e. The number of thiophene rings is 1. The average molecular weight is 445 g/mol. The summed E-state index contributed by atoms with van der Waals surface area (Å²) < 4.78 is 18.9. The molecule has 31 heavy (non-hydrogen) atoms. The van der Waals surface area contributed by atoms with Gasteiger partial charge in [0.15, 0.2) is 0 Å². The van der Waals surface area contributed by atoms with Gasteiger partial charge in [-0.1, -0.05) is 30.3 Å². The molecule has 1 saturated heterocycles. The number of rotatable bonds is 5. The van der Waals surface area contributed by atoms with Gasteiger partial charge in [-0.15, -0.1) is 11.3 Å². The van der Waals surface area contributed by atoms with Crippen LogP contribution in [0.2, 0.25) is 0 Å². The Hall–Kier alpha value is -2.13. The number of hydrogen-bond donors (Lipinski definition) is 4. The van der Waals surface area contributed by atoms with Crippen LogP contribution in [0.25, 0.3) is 10.4 Å². The highest BCUT2D eigenvalue weighted by molar-refractivity contribution is 7.15. The molecule has 1 aromatic heterocycles. The first-order valence-corrected chi connectivity index (χ1v) is 10.9. The molecule has 0 saturated carbocycles. The Morgan fingerprint density at radius 1 is 0.935 bits per heavy atom. The van der Waals surface area contributed by atoms with E-state index in [1.807, 2.05) is 37.3 Å². The second-order valence-corrected chi connectivity index (χ2v) is 9.05. The number of halogens is 1. The van der Waals surface area contributed by atoms with Crippen molar-refractivity contribution in [3.05, 3.63) is 82.0 Å². The maximum absolute atomic E-state index is 13.2. The van der Waals surface area contributed by atoms with Crippen molar-refractivity contribution in [2.75, 3.05) is 6.61 Å². The van der Waals surface area contributed by atoms with Crippen molar-refractivity contribution in [1.82, 2.24) is 0 Å². The molecule has 5 nitrogen and oxygen atoms in total. The minimum Gasteiger partial charge on any atom is -0.394 e. The fourth-order valence-corrected chi connectivity index (χ4v) is 4.90. The SMILES string of the molecule is Cc1ccc([C@@H]2OC(CO)[C@@H](O)C(O)[C@H]2O)cc1Cc1ccc(-c2ccc(F)cc2)s1. The van der Waals surface area contributed by atoms with Crippen molar-refractivity contribution >= 4 is 11.3 Å². The van der Waals surface area contributed by atoms with Crippen LogP contribution in [0, 0.1) is 12.7 Å².